The molecule has 2 nitrogen and oxygen atoms in total. The Morgan fingerprint density at radius 3 is 2.59 bits per heavy atom. The van der Waals surface area contributed by atoms with Crippen LogP contribution in [0.5, 0.6) is 0 Å². The zero-order valence-electron chi connectivity index (χ0n) is 19.5. The second-order valence-corrected chi connectivity index (χ2v) is 12.2. The Bertz CT molecular complexity index is 663. The van der Waals surface area contributed by atoms with Gasteiger partial charge in [0.1, 0.15) is 6.10 Å². The van der Waals surface area contributed by atoms with E-state index in [1.54, 1.807) is 0 Å². The molecule has 0 spiro atoms. The first-order chi connectivity index (χ1) is 13.7. The van der Waals surface area contributed by atoms with E-state index >= 15 is 0 Å². The third-order valence-corrected chi connectivity index (χ3v) is 10.2. The maximum Gasteiger partial charge on any atom is 0.162 e. The molecule has 29 heavy (non-hydrogen) atoms. The number of allylic oxidation sites excluding steroid dienone is 1. The van der Waals surface area contributed by atoms with Crippen molar-refractivity contribution in [1.82, 2.24) is 0 Å². The molecule has 0 saturated heterocycles. The Morgan fingerprint density at radius 2 is 1.86 bits per heavy atom. The molecular weight excluding hydrogens is 356 g/mol. The Morgan fingerprint density at radius 1 is 1.10 bits per heavy atom. The van der Waals surface area contributed by atoms with E-state index in [2.05, 4.69) is 40.7 Å². The summed E-state index contributed by atoms with van der Waals surface area (Å²) in [5, 5.41) is 10.1. The minimum absolute atomic E-state index is 0.0154. The van der Waals surface area contributed by atoms with Crippen LogP contribution in [0.2, 0.25) is 0 Å². The van der Waals surface area contributed by atoms with Crippen molar-refractivity contribution in [1.29, 1.82) is 0 Å². The summed E-state index contributed by atoms with van der Waals surface area (Å²) in [4.78, 5) is 12.4. The summed E-state index contributed by atoms with van der Waals surface area (Å²) in [5.74, 6) is 4.86. The highest BCUT2D eigenvalue weighted by Crippen LogP contribution is 2.67. The smallest absolute Gasteiger partial charge is 0.162 e. The second kappa shape index (κ2) is 7.81. The lowest BCUT2D eigenvalue weighted by atomic mass is 9.47. The molecule has 1 unspecified atom stereocenters. The van der Waals surface area contributed by atoms with Gasteiger partial charge in [-0.05, 0) is 78.4 Å². The lowest BCUT2D eigenvalue weighted by molar-refractivity contribution is -0.135. The van der Waals surface area contributed by atoms with E-state index in [1.807, 2.05) is 0 Å². The van der Waals surface area contributed by atoms with Crippen LogP contribution in [0.1, 0.15) is 98.8 Å². The molecule has 3 fully saturated rings. The average molecular weight is 401 g/mol. The van der Waals surface area contributed by atoms with Gasteiger partial charge in [-0.3, -0.25) is 4.79 Å². The van der Waals surface area contributed by atoms with E-state index in [9.17, 15) is 9.90 Å². The molecule has 8 atom stereocenters. The molecule has 0 amide bonds. The molecule has 0 aromatic carbocycles. The van der Waals surface area contributed by atoms with Crippen LogP contribution < -0.4 is 0 Å². The molecule has 0 aromatic heterocycles. The highest BCUT2D eigenvalue weighted by molar-refractivity contribution is 5.85. The molecule has 4 aliphatic carbocycles. The predicted molar refractivity (Wildman–Crippen MR) is 119 cm³/mol. The normalized spacial score (nSPS) is 45.4. The Hall–Kier alpha value is -0.630. The Labute approximate surface area is 178 Å². The zero-order valence-corrected chi connectivity index (χ0v) is 19.5. The fourth-order valence-corrected chi connectivity index (χ4v) is 8.54. The molecule has 0 bridgehead atoms. The fourth-order valence-electron chi connectivity index (χ4n) is 8.54. The summed E-state index contributed by atoms with van der Waals surface area (Å²) in [6, 6.07) is 0. The van der Waals surface area contributed by atoms with Gasteiger partial charge in [-0.25, -0.2) is 0 Å². The Balaban J connectivity index is 1.51. The van der Waals surface area contributed by atoms with E-state index < -0.39 is 6.10 Å². The number of Topliss-reactive ketones (excluding diaryl/α,β-unsaturated/α-hetero) is 1. The van der Waals surface area contributed by atoms with Crippen molar-refractivity contribution in [2.24, 2.45) is 46.3 Å². The topological polar surface area (TPSA) is 37.3 Å². The number of aliphatic hydroxyl groups is 1. The largest absolute Gasteiger partial charge is 0.385 e. The monoisotopic (exact) mass is 400 g/mol. The number of rotatable bonds is 5. The molecule has 3 saturated carbocycles. The first-order valence-corrected chi connectivity index (χ1v) is 12.6. The van der Waals surface area contributed by atoms with Crippen molar-refractivity contribution in [2.45, 2.75) is 105 Å². The molecule has 0 aromatic rings. The third kappa shape index (κ3) is 3.56. The quantitative estimate of drug-likeness (QED) is 0.530. The second-order valence-electron chi connectivity index (χ2n) is 12.2. The summed E-state index contributed by atoms with van der Waals surface area (Å²) >= 11 is 0. The lowest BCUT2D eigenvalue weighted by Gasteiger charge is -2.58. The molecule has 4 aliphatic rings. The number of fused-ring (bicyclic) bond motifs is 5. The average Bonchev–Trinajstić information content (AvgIpc) is 3.00. The lowest BCUT2D eigenvalue weighted by Crippen LogP contribution is -2.52. The standard InChI is InChI=1S/C27H44O2/c1-17(2)7-6-8-18(3)21-11-12-22-20-10-9-19-15-24(28)25(29)16-27(19,5)23(20)13-14-26(21,22)4/h9,17-18,20-24,28H,6-8,10-16H2,1-5H3/t18-,20+,21-,22+,23+,24?,26-,27+/m1/s1. The van der Waals surface area contributed by atoms with Crippen molar-refractivity contribution >= 4 is 5.78 Å². The highest BCUT2D eigenvalue weighted by atomic mass is 16.3. The highest BCUT2D eigenvalue weighted by Gasteiger charge is 2.59. The summed E-state index contributed by atoms with van der Waals surface area (Å²) in [6.45, 7) is 12.2. The van der Waals surface area contributed by atoms with E-state index in [-0.39, 0.29) is 11.2 Å². The van der Waals surface area contributed by atoms with Gasteiger partial charge in [0.05, 0.1) is 0 Å². The maximum absolute atomic E-state index is 12.4. The van der Waals surface area contributed by atoms with Gasteiger partial charge in [-0.1, -0.05) is 65.5 Å². The molecule has 0 aliphatic heterocycles. The molecule has 0 heterocycles. The van der Waals surface area contributed by atoms with Crippen LogP contribution in [0.3, 0.4) is 0 Å². The first-order valence-electron chi connectivity index (χ1n) is 12.6. The molecule has 1 N–H and O–H groups in total. The van der Waals surface area contributed by atoms with Gasteiger partial charge in [0.15, 0.2) is 5.78 Å². The van der Waals surface area contributed by atoms with Gasteiger partial charge >= 0.3 is 0 Å². The van der Waals surface area contributed by atoms with E-state index in [0.29, 0.717) is 24.2 Å². The Kier molecular flexibility index (Phi) is 5.82. The van der Waals surface area contributed by atoms with E-state index in [0.717, 1.165) is 29.6 Å². The molecule has 0 radical (unpaired) electrons. The van der Waals surface area contributed by atoms with E-state index in [4.69, 9.17) is 0 Å². The molecular formula is C27H44O2. The van der Waals surface area contributed by atoms with E-state index in [1.165, 1.54) is 56.9 Å². The van der Waals surface area contributed by atoms with Crippen LogP contribution in [-0.4, -0.2) is 17.0 Å². The van der Waals surface area contributed by atoms with Crippen molar-refractivity contribution in [3.63, 3.8) is 0 Å². The number of hydrogen-bond acceptors (Lipinski definition) is 2. The van der Waals surface area contributed by atoms with Gasteiger partial charge in [0.25, 0.3) is 0 Å². The molecule has 164 valence electrons. The maximum atomic E-state index is 12.4. The van der Waals surface area contributed by atoms with Crippen molar-refractivity contribution in [2.75, 3.05) is 0 Å². The van der Waals surface area contributed by atoms with Crippen molar-refractivity contribution in [3.8, 4) is 0 Å². The van der Waals surface area contributed by atoms with Crippen LogP contribution in [0.25, 0.3) is 0 Å². The summed E-state index contributed by atoms with van der Waals surface area (Å²) in [7, 11) is 0. The number of carbonyl (C=O) groups is 1. The van der Waals surface area contributed by atoms with Crippen LogP contribution in [0.15, 0.2) is 11.6 Å². The minimum Gasteiger partial charge on any atom is -0.385 e. The summed E-state index contributed by atoms with van der Waals surface area (Å²) in [6.07, 6.45) is 13.6. The zero-order chi connectivity index (χ0) is 21.0. The molecule has 2 heteroatoms. The minimum atomic E-state index is -0.748. The van der Waals surface area contributed by atoms with Gasteiger partial charge in [-0.2, -0.15) is 0 Å². The van der Waals surface area contributed by atoms with Gasteiger partial charge in [0, 0.05) is 12.8 Å². The van der Waals surface area contributed by atoms with Crippen molar-refractivity contribution < 1.29 is 9.90 Å². The van der Waals surface area contributed by atoms with Crippen LogP contribution in [0.4, 0.5) is 0 Å². The van der Waals surface area contributed by atoms with Gasteiger partial charge < -0.3 is 5.11 Å². The predicted octanol–water partition coefficient (Wildman–Crippen LogP) is 6.57. The number of aliphatic hydroxyl groups excluding tert-OH is 1. The number of ketones is 1. The number of carbonyl (C=O) groups excluding carboxylic acids is 1. The van der Waals surface area contributed by atoms with Gasteiger partial charge in [-0.15, -0.1) is 0 Å². The first kappa shape index (κ1) is 21.6. The number of hydrogen-bond donors (Lipinski definition) is 1. The third-order valence-electron chi connectivity index (χ3n) is 10.2. The van der Waals surface area contributed by atoms with Gasteiger partial charge in [0.2, 0.25) is 0 Å². The fraction of sp³-hybridized carbons (Fsp3) is 0.889. The van der Waals surface area contributed by atoms with Crippen LogP contribution in [-0.2, 0) is 4.79 Å². The SMILES string of the molecule is CC(C)CCC[C@@H](C)[C@H]1CC[C@H]2[C@@H]3CC=C4CC(O)C(=O)C[C@]4(C)[C@H]3CC[C@]12C. The van der Waals surface area contributed by atoms with Crippen molar-refractivity contribution in [3.05, 3.63) is 11.6 Å². The van der Waals surface area contributed by atoms with Crippen LogP contribution in [0, 0.1) is 46.3 Å². The summed E-state index contributed by atoms with van der Waals surface area (Å²) in [5.41, 5.74) is 1.91. The summed E-state index contributed by atoms with van der Waals surface area (Å²) < 4.78 is 0. The van der Waals surface area contributed by atoms with Crippen LogP contribution >= 0.6 is 0 Å². The molecule has 4 rings (SSSR count).